The van der Waals surface area contributed by atoms with E-state index >= 15 is 13.2 Å². The molecule has 0 saturated heterocycles. The quantitative estimate of drug-likeness (QED) is 0.138. The molecule has 1 aliphatic heterocycles. The molecule has 48 heavy (non-hydrogen) atoms. The molecule has 0 bridgehead atoms. The Morgan fingerprint density at radius 1 is 0.917 bits per heavy atom. The maximum absolute atomic E-state index is 15.3. The normalized spacial score (nSPS) is 15.8. The molecule has 0 fully saturated rings. The second kappa shape index (κ2) is 16.4. The van der Waals surface area contributed by atoms with Crippen molar-refractivity contribution in [3.63, 3.8) is 0 Å². The minimum atomic E-state index is -5.10. The van der Waals surface area contributed by atoms with Gasteiger partial charge >= 0.3 is 6.18 Å². The van der Waals surface area contributed by atoms with Crippen LogP contribution in [0, 0.1) is 34.0 Å². The first-order chi connectivity index (χ1) is 23.2. The average molecular weight is 653 g/mol. The summed E-state index contributed by atoms with van der Waals surface area (Å²) in [6.45, 7) is 3.84. The van der Waals surface area contributed by atoms with Crippen LogP contribution in [0.3, 0.4) is 0 Å². The van der Waals surface area contributed by atoms with E-state index in [0.29, 0.717) is 24.3 Å². The van der Waals surface area contributed by atoms with Crippen molar-refractivity contribution < 1.29 is 27.8 Å². The first kappa shape index (κ1) is 35.4. The summed E-state index contributed by atoms with van der Waals surface area (Å²) in [6.07, 6.45) is 0.816. The summed E-state index contributed by atoms with van der Waals surface area (Å²) in [4.78, 5) is 2.19. The highest BCUT2D eigenvalue weighted by Crippen LogP contribution is 2.56. The fourth-order valence-corrected chi connectivity index (χ4v) is 5.46. The largest absolute Gasteiger partial charge is 0.488 e. The van der Waals surface area contributed by atoms with Crippen LogP contribution in [0.25, 0.3) is 6.08 Å². The number of hydrogen-bond acceptors (Lipinski definition) is 7. The van der Waals surface area contributed by atoms with Gasteiger partial charge in [-0.1, -0.05) is 86.2 Å². The second-order valence-electron chi connectivity index (χ2n) is 11.1. The van der Waals surface area contributed by atoms with Crippen LogP contribution in [0.5, 0.6) is 5.75 Å². The van der Waals surface area contributed by atoms with Crippen LogP contribution in [0.1, 0.15) is 49.3 Å². The highest BCUT2D eigenvalue weighted by molar-refractivity contribution is 5.70. The number of benzene rings is 3. The van der Waals surface area contributed by atoms with Gasteiger partial charge in [-0.2, -0.15) is 29.0 Å². The summed E-state index contributed by atoms with van der Waals surface area (Å²) in [5.41, 5.74) is -3.18. The zero-order valence-corrected chi connectivity index (χ0v) is 26.5. The van der Waals surface area contributed by atoms with Gasteiger partial charge in [-0.05, 0) is 37.0 Å². The lowest BCUT2D eigenvalue weighted by Crippen LogP contribution is -2.43. The average Bonchev–Trinajstić information content (AvgIpc) is 3.45. The van der Waals surface area contributed by atoms with E-state index < -0.39 is 34.3 Å². The maximum Gasteiger partial charge on any atom is 0.437 e. The highest BCUT2D eigenvalue weighted by atomic mass is 19.4. The summed E-state index contributed by atoms with van der Waals surface area (Å²) in [6, 6.07) is 26.6. The Morgan fingerprint density at radius 2 is 1.58 bits per heavy atom. The molecule has 0 spiro atoms. The summed E-state index contributed by atoms with van der Waals surface area (Å²) < 4.78 is 57.5. The van der Waals surface area contributed by atoms with Crippen molar-refractivity contribution in [3.8, 4) is 24.0 Å². The number of alkyl halides is 3. The standard InChI is InChI=1S/C38H35F3N4O3/c1-2-3-20-45(21-10-11-22-46)32-18-16-29(35(23-32)47-27-28-12-6-4-7-13-28)17-19-34-33(26-44)36(30(24-42)25-43)48-37(34,38(39,40)41)31-14-8-5-9-15-31/h4-9,12-19,23,46H,2-3,10-11,20-22,27H2,1H3/b19-17+. The van der Waals surface area contributed by atoms with Crippen LogP contribution in [0.2, 0.25) is 0 Å². The number of ether oxygens (including phenoxy) is 2. The van der Waals surface area contributed by atoms with Crippen LogP contribution in [-0.2, 0) is 16.9 Å². The molecule has 7 nitrogen and oxygen atoms in total. The Balaban J connectivity index is 1.89. The van der Waals surface area contributed by atoms with Gasteiger partial charge in [0.15, 0.2) is 11.3 Å². The number of halogens is 3. The molecule has 0 aromatic heterocycles. The Morgan fingerprint density at radius 3 is 2.19 bits per heavy atom. The zero-order valence-electron chi connectivity index (χ0n) is 26.5. The molecule has 0 aliphatic carbocycles. The Hall–Kier alpha value is -5.50. The summed E-state index contributed by atoms with van der Waals surface area (Å²) in [5, 5.41) is 38.5. The number of hydrogen-bond donors (Lipinski definition) is 1. The van der Waals surface area contributed by atoms with E-state index in [-0.39, 0.29) is 18.8 Å². The third-order valence-electron chi connectivity index (χ3n) is 7.92. The van der Waals surface area contributed by atoms with Gasteiger partial charge in [-0.15, -0.1) is 0 Å². The summed E-state index contributed by atoms with van der Waals surface area (Å²) >= 11 is 0. The number of rotatable bonds is 14. The minimum Gasteiger partial charge on any atom is -0.488 e. The van der Waals surface area contributed by atoms with Gasteiger partial charge in [0.05, 0.1) is 0 Å². The Bertz CT molecular complexity index is 1770. The van der Waals surface area contributed by atoms with Gasteiger partial charge in [-0.3, -0.25) is 0 Å². The highest BCUT2D eigenvalue weighted by Gasteiger charge is 2.65. The molecule has 1 atom stereocenters. The fourth-order valence-electron chi connectivity index (χ4n) is 5.46. The lowest BCUT2D eigenvalue weighted by atomic mass is 9.83. The Kier molecular flexibility index (Phi) is 12.1. The van der Waals surface area contributed by atoms with Gasteiger partial charge in [-0.25, -0.2) is 0 Å². The topological polar surface area (TPSA) is 113 Å². The first-order valence-electron chi connectivity index (χ1n) is 15.6. The van der Waals surface area contributed by atoms with Crippen molar-refractivity contribution in [1.82, 2.24) is 0 Å². The molecule has 4 rings (SSSR count). The number of aliphatic hydroxyl groups excluding tert-OH is 1. The molecular weight excluding hydrogens is 617 g/mol. The zero-order chi connectivity index (χ0) is 34.6. The summed E-state index contributed by atoms with van der Waals surface area (Å²) in [5.74, 6) is -0.328. The third-order valence-corrected chi connectivity index (χ3v) is 7.92. The molecule has 1 aliphatic rings. The lowest BCUT2D eigenvalue weighted by Gasteiger charge is -2.33. The van der Waals surface area contributed by atoms with E-state index in [1.54, 1.807) is 30.3 Å². The van der Waals surface area contributed by atoms with Crippen LogP contribution in [0.4, 0.5) is 18.9 Å². The van der Waals surface area contributed by atoms with Gasteiger partial charge in [0, 0.05) is 48.2 Å². The molecule has 246 valence electrons. The van der Waals surface area contributed by atoms with Crippen LogP contribution >= 0.6 is 0 Å². The van der Waals surface area contributed by atoms with Gasteiger partial charge < -0.3 is 19.5 Å². The molecule has 10 heteroatoms. The van der Waals surface area contributed by atoms with E-state index in [1.165, 1.54) is 30.3 Å². The van der Waals surface area contributed by atoms with E-state index in [1.807, 2.05) is 42.5 Å². The van der Waals surface area contributed by atoms with E-state index in [9.17, 15) is 20.9 Å². The third kappa shape index (κ3) is 7.72. The first-order valence-corrected chi connectivity index (χ1v) is 15.6. The van der Waals surface area contributed by atoms with Gasteiger partial charge in [0.2, 0.25) is 0 Å². The number of unbranched alkanes of at least 4 members (excludes halogenated alkanes) is 2. The van der Waals surface area contributed by atoms with Crippen molar-refractivity contribution in [2.75, 3.05) is 24.6 Å². The molecule has 0 radical (unpaired) electrons. The predicted molar refractivity (Wildman–Crippen MR) is 176 cm³/mol. The minimum absolute atomic E-state index is 0.0879. The molecule has 0 amide bonds. The SMILES string of the molecule is CCCCN(CCCCO)c1ccc(/C=C/C2=C(C#N)C(=C(C#N)C#N)OC2(c2ccccc2)C(F)(F)F)c(OCc2ccccc2)c1. The van der Waals surface area contributed by atoms with Crippen molar-refractivity contribution in [3.05, 3.63) is 124 Å². The van der Waals surface area contributed by atoms with Crippen molar-refractivity contribution in [2.45, 2.75) is 51.0 Å². The molecular formula is C38H35F3N4O3. The molecule has 1 heterocycles. The van der Waals surface area contributed by atoms with Crippen LogP contribution in [0.15, 0.2) is 107 Å². The van der Waals surface area contributed by atoms with Crippen LogP contribution < -0.4 is 9.64 Å². The van der Waals surface area contributed by atoms with E-state index in [0.717, 1.165) is 43.1 Å². The summed E-state index contributed by atoms with van der Waals surface area (Å²) in [7, 11) is 0. The maximum atomic E-state index is 15.3. The fraction of sp³-hybridized carbons (Fsp3) is 0.289. The van der Waals surface area contributed by atoms with Crippen molar-refractivity contribution >= 4 is 11.8 Å². The molecule has 0 saturated carbocycles. The number of allylic oxidation sites excluding steroid dienone is 2. The number of aliphatic hydroxyl groups is 1. The predicted octanol–water partition coefficient (Wildman–Crippen LogP) is 8.27. The number of nitriles is 3. The number of anilines is 1. The van der Waals surface area contributed by atoms with Crippen LogP contribution in [-0.4, -0.2) is 31.0 Å². The molecule has 3 aromatic rings. The lowest BCUT2D eigenvalue weighted by molar-refractivity contribution is -0.249. The second-order valence-corrected chi connectivity index (χ2v) is 11.1. The van der Waals surface area contributed by atoms with E-state index in [2.05, 4.69) is 11.8 Å². The monoisotopic (exact) mass is 652 g/mol. The number of nitrogens with zero attached hydrogens (tertiary/aromatic N) is 4. The van der Waals surface area contributed by atoms with Gasteiger partial charge in [0.1, 0.15) is 36.1 Å². The van der Waals surface area contributed by atoms with Crippen molar-refractivity contribution in [1.29, 1.82) is 15.8 Å². The van der Waals surface area contributed by atoms with Gasteiger partial charge in [0.25, 0.3) is 5.60 Å². The molecule has 1 N–H and O–H groups in total. The van der Waals surface area contributed by atoms with E-state index in [4.69, 9.17) is 9.47 Å². The Labute approximate surface area is 278 Å². The molecule has 1 unspecified atom stereocenters. The molecule has 3 aromatic carbocycles. The smallest absolute Gasteiger partial charge is 0.437 e. The van der Waals surface area contributed by atoms with Crippen molar-refractivity contribution in [2.24, 2.45) is 0 Å².